The quantitative estimate of drug-likeness (QED) is 0.943. The van der Waals surface area contributed by atoms with Crippen LogP contribution in [0, 0.1) is 6.92 Å². The van der Waals surface area contributed by atoms with E-state index in [1.165, 1.54) is 10.7 Å². The summed E-state index contributed by atoms with van der Waals surface area (Å²) >= 11 is 5.87. The number of aromatic nitrogens is 2. The van der Waals surface area contributed by atoms with Crippen molar-refractivity contribution in [2.45, 2.75) is 19.8 Å². The Morgan fingerprint density at radius 3 is 2.76 bits per heavy atom. The first-order valence-corrected chi connectivity index (χ1v) is 6.93. The molecule has 0 saturated carbocycles. The van der Waals surface area contributed by atoms with Crippen molar-refractivity contribution in [1.82, 2.24) is 9.78 Å². The van der Waals surface area contributed by atoms with Crippen LogP contribution in [-0.2, 0) is 18.3 Å². The summed E-state index contributed by atoms with van der Waals surface area (Å²) in [6, 6.07) is 8.40. The first-order chi connectivity index (χ1) is 9.95. The third kappa shape index (κ3) is 4.16. The lowest BCUT2D eigenvalue weighted by Gasteiger charge is -2.08. The summed E-state index contributed by atoms with van der Waals surface area (Å²) in [5.74, 6) is -0.101. The first kappa shape index (κ1) is 15.3. The van der Waals surface area contributed by atoms with Crippen LogP contribution >= 0.6 is 11.6 Å². The van der Waals surface area contributed by atoms with E-state index in [1.54, 1.807) is 31.3 Å². The second-order valence-corrected chi connectivity index (χ2v) is 5.23. The van der Waals surface area contributed by atoms with Crippen LogP contribution in [0.25, 0.3) is 0 Å². The fourth-order valence-electron chi connectivity index (χ4n) is 1.91. The summed E-state index contributed by atoms with van der Waals surface area (Å²) in [6.07, 6.45) is 0.778. The van der Waals surface area contributed by atoms with Crippen LogP contribution in [0.1, 0.15) is 17.7 Å². The number of nitrogens with one attached hydrogen (secondary N) is 1. The van der Waals surface area contributed by atoms with E-state index >= 15 is 0 Å². The zero-order valence-corrected chi connectivity index (χ0v) is 12.6. The summed E-state index contributed by atoms with van der Waals surface area (Å²) in [7, 11) is 1.59. The maximum Gasteiger partial charge on any atom is 0.266 e. The van der Waals surface area contributed by atoms with E-state index in [-0.39, 0.29) is 11.5 Å². The van der Waals surface area contributed by atoms with Crippen LogP contribution in [-0.4, -0.2) is 15.7 Å². The molecule has 1 N–H and O–H groups in total. The number of amides is 1. The molecule has 0 fully saturated rings. The molecule has 0 atom stereocenters. The van der Waals surface area contributed by atoms with Crippen molar-refractivity contribution in [3.05, 3.63) is 57.0 Å². The van der Waals surface area contributed by atoms with Gasteiger partial charge in [-0.25, -0.2) is 4.68 Å². The van der Waals surface area contributed by atoms with Gasteiger partial charge in [0.15, 0.2) is 0 Å². The summed E-state index contributed by atoms with van der Waals surface area (Å²) in [5.41, 5.74) is 2.20. The molecule has 1 amide bonds. The molecule has 5 nitrogen and oxygen atoms in total. The topological polar surface area (TPSA) is 64.0 Å². The highest BCUT2D eigenvalue weighted by molar-refractivity contribution is 6.30. The molecule has 0 saturated heterocycles. The second-order valence-electron chi connectivity index (χ2n) is 4.79. The van der Waals surface area contributed by atoms with Gasteiger partial charge in [0.05, 0.1) is 5.69 Å². The summed E-state index contributed by atoms with van der Waals surface area (Å²) in [6.45, 7) is 1.88. The second kappa shape index (κ2) is 6.54. The monoisotopic (exact) mass is 305 g/mol. The van der Waals surface area contributed by atoms with Crippen molar-refractivity contribution in [3.8, 4) is 0 Å². The Morgan fingerprint density at radius 1 is 1.33 bits per heavy atom. The lowest BCUT2D eigenvalue weighted by molar-refractivity contribution is -0.116. The van der Waals surface area contributed by atoms with E-state index in [0.29, 0.717) is 23.6 Å². The molecule has 0 aliphatic carbocycles. The molecule has 2 rings (SSSR count). The van der Waals surface area contributed by atoms with Crippen molar-refractivity contribution in [2.24, 2.45) is 7.05 Å². The maximum absolute atomic E-state index is 11.9. The van der Waals surface area contributed by atoms with Crippen LogP contribution in [0.15, 0.2) is 35.1 Å². The van der Waals surface area contributed by atoms with Crippen molar-refractivity contribution in [2.75, 3.05) is 5.32 Å². The molecule has 1 aromatic carbocycles. The van der Waals surface area contributed by atoms with E-state index < -0.39 is 0 Å². The number of hydrogen-bond donors (Lipinski definition) is 1. The van der Waals surface area contributed by atoms with Crippen LogP contribution in [0.4, 0.5) is 5.69 Å². The van der Waals surface area contributed by atoms with Crippen LogP contribution in [0.2, 0.25) is 5.02 Å². The fourth-order valence-corrected chi connectivity index (χ4v) is 2.13. The summed E-state index contributed by atoms with van der Waals surface area (Å²) < 4.78 is 1.26. The standard InChI is InChI=1S/C15H16ClN3O2/c1-10-9-11(16)3-6-13(10)17-14(20)7-4-12-5-8-15(21)19(2)18-12/h3,5-6,8-9H,4,7H2,1-2H3,(H,17,20). The predicted octanol–water partition coefficient (Wildman–Crippen LogP) is 2.31. The molecule has 2 aromatic rings. The zero-order valence-electron chi connectivity index (χ0n) is 11.9. The average Bonchev–Trinajstić information content (AvgIpc) is 2.43. The number of aryl methyl sites for hydroxylation is 3. The zero-order chi connectivity index (χ0) is 15.4. The lowest BCUT2D eigenvalue weighted by atomic mass is 10.2. The van der Waals surface area contributed by atoms with Crippen molar-refractivity contribution in [3.63, 3.8) is 0 Å². The van der Waals surface area contributed by atoms with Gasteiger partial charge >= 0.3 is 0 Å². The summed E-state index contributed by atoms with van der Waals surface area (Å²) in [5, 5.41) is 7.57. The number of nitrogens with zero attached hydrogens (tertiary/aromatic N) is 2. The van der Waals surface area contributed by atoms with Gasteiger partial charge in [0, 0.05) is 36.7 Å². The van der Waals surface area contributed by atoms with Gasteiger partial charge < -0.3 is 5.32 Å². The van der Waals surface area contributed by atoms with Crippen molar-refractivity contribution < 1.29 is 4.79 Å². The van der Waals surface area contributed by atoms with Crippen molar-refractivity contribution >= 4 is 23.2 Å². The minimum Gasteiger partial charge on any atom is -0.326 e. The van der Waals surface area contributed by atoms with Gasteiger partial charge in [-0.15, -0.1) is 0 Å². The molecule has 0 aliphatic rings. The summed E-state index contributed by atoms with van der Waals surface area (Å²) in [4.78, 5) is 23.2. The normalized spacial score (nSPS) is 10.4. The highest BCUT2D eigenvalue weighted by Crippen LogP contribution is 2.19. The third-order valence-corrected chi connectivity index (χ3v) is 3.32. The maximum atomic E-state index is 11.9. The average molecular weight is 306 g/mol. The Morgan fingerprint density at radius 2 is 2.10 bits per heavy atom. The van der Waals surface area contributed by atoms with Gasteiger partial charge in [-0.3, -0.25) is 9.59 Å². The lowest BCUT2D eigenvalue weighted by Crippen LogP contribution is -2.20. The van der Waals surface area contributed by atoms with E-state index in [1.807, 2.05) is 6.92 Å². The van der Waals surface area contributed by atoms with Gasteiger partial charge in [0.2, 0.25) is 5.91 Å². The molecule has 0 unspecified atom stereocenters. The number of anilines is 1. The number of carbonyl (C=O) groups is 1. The molecule has 0 aliphatic heterocycles. The Kier molecular flexibility index (Phi) is 4.75. The minimum atomic E-state index is -0.167. The van der Waals surface area contributed by atoms with Crippen LogP contribution in [0.3, 0.4) is 0 Å². The first-order valence-electron chi connectivity index (χ1n) is 6.55. The smallest absolute Gasteiger partial charge is 0.266 e. The third-order valence-electron chi connectivity index (χ3n) is 3.09. The van der Waals surface area contributed by atoms with E-state index in [9.17, 15) is 9.59 Å². The predicted molar refractivity (Wildman–Crippen MR) is 82.6 cm³/mol. The molecular weight excluding hydrogens is 290 g/mol. The number of carbonyl (C=O) groups excluding carboxylic acids is 1. The highest BCUT2D eigenvalue weighted by atomic mass is 35.5. The number of hydrogen-bond acceptors (Lipinski definition) is 3. The van der Waals surface area contributed by atoms with Crippen LogP contribution in [0.5, 0.6) is 0 Å². The molecule has 0 bridgehead atoms. The molecular formula is C15H16ClN3O2. The highest BCUT2D eigenvalue weighted by Gasteiger charge is 2.07. The molecule has 0 spiro atoms. The van der Waals surface area contributed by atoms with E-state index in [4.69, 9.17) is 11.6 Å². The van der Waals surface area contributed by atoms with Crippen LogP contribution < -0.4 is 10.9 Å². The fraction of sp³-hybridized carbons (Fsp3) is 0.267. The minimum absolute atomic E-state index is 0.101. The number of halogens is 1. The Labute approximate surface area is 127 Å². The molecule has 110 valence electrons. The number of rotatable bonds is 4. The molecule has 6 heteroatoms. The Bertz CT molecular complexity index is 725. The molecule has 0 radical (unpaired) electrons. The molecule has 21 heavy (non-hydrogen) atoms. The largest absolute Gasteiger partial charge is 0.326 e. The Hall–Kier alpha value is -2.14. The van der Waals surface area contributed by atoms with Gasteiger partial charge in [0.1, 0.15) is 0 Å². The van der Waals surface area contributed by atoms with Crippen molar-refractivity contribution in [1.29, 1.82) is 0 Å². The van der Waals surface area contributed by atoms with Gasteiger partial charge in [-0.05, 0) is 36.8 Å². The number of benzene rings is 1. The van der Waals surface area contributed by atoms with E-state index in [0.717, 1.165) is 11.3 Å². The van der Waals surface area contributed by atoms with E-state index in [2.05, 4.69) is 10.4 Å². The Balaban J connectivity index is 1.95. The molecule has 1 heterocycles. The van der Waals surface area contributed by atoms with Gasteiger partial charge in [0.25, 0.3) is 5.56 Å². The molecule has 1 aromatic heterocycles. The van der Waals surface area contributed by atoms with Gasteiger partial charge in [-0.1, -0.05) is 11.6 Å². The SMILES string of the molecule is Cc1cc(Cl)ccc1NC(=O)CCc1ccc(=O)n(C)n1. The van der Waals surface area contributed by atoms with Gasteiger partial charge in [-0.2, -0.15) is 5.10 Å².